The van der Waals surface area contributed by atoms with Crippen LogP contribution >= 0.6 is 27.5 Å². The van der Waals surface area contributed by atoms with Gasteiger partial charge in [-0.2, -0.15) is 13.2 Å². The number of hydrogen-bond donors (Lipinski definition) is 1. The lowest BCUT2D eigenvalue weighted by Gasteiger charge is -2.08. The number of amides is 1. The largest absolute Gasteiger partial charge is 0.414 e. The van der Waals surface area contributed by atoms with Gasteiger partial charge in [-0.15, -0.1) is 0 Å². The average molecular weight is 333 g/mol. The van der Waals surface area contributed by atoms with Crippen LogP contribution in [0.15, 0.2) is 22.7 Å². The number of hydroxylamine groups is 1. The van der Waals surface area contributed by atoms with Crippen LogP contribution in [0.3, 0.4) is 0 Å². The van der Waals surface area contributed by atoms with Crippen LogP contribution in [-0.4, -0.2) is 18.7 Å². The van der Waals surface area contributed by atoms with Crippen LogP contribution in [0, 0.1) is 0 Å². The Morgan fingerprint density at radius 2 is 2.12 bits per heavy atom. The number of alkyl halides is 3. The minimum absolute atomic E-state index is 0.128. The van der Waals surface area contributed by atoms with E-state index in [0.717, 1.165) is 0 Å². The molecular weight excluding hydrogens is 326 g/mol. The topological polar surface area (TPSA) is 38.3 Å². The molecular formula is C9H6BrClF3NO2. The van der Waals surface area contributed by atoms with E-state index >= 15 is 0 Å². The smallest absolute Gasteiger partial charge is 0.267 e. The van der Waals surface area contributed by atoms with E-state index in [0.29, 0.717) is 9.50 Å². The lowest BCUT2D eigenvalue weighted by atomic mass is 10.2. The first kappa shape index (κ1) is 14.3. The first-order chi connectivity index (χ1) is 7.79. The zero-order chi connectivity index (χ0) is 13.1. The molecule has 0 spiro atoms. The summed E-state index contributed by atoms with van der Waals surface area (Å²) in [6.45, 7) is -1.55. The van der Waals surface area contributed by atoms with Gasteiger partial charge in [0, 0.05) is 10.0 Å². The number of hydrogen-bond acceptors (Lipinski definition) is 2. The summed E-state index contributed by atoms with van der Waals surface area (Å²) in [6.07, 6.45) is -4.49. The summed E-state index contributed by atoms with van der Waals surface area (Å²) in [5.74, 6) is -0.786. The van der Waals surface area contributed by atoms with Gasteiger partial charge in [0.25, 0.3) is 5.91 Å². The highest BCUT2D eigenvalue weighted by Gasteiger charge is 2.28. The zero-order valence-electron chi connectivity index (χ0n) is 8.15. The lowest BCUT2D eigenvalue weighted by molar-refractivity contribution is -0.184. The Balaban J connectivity index is 2.56. The maximum atomic E-state index is 11.7. The summed E-state index contributed by atoms with van der Waals surface area (Å²) < 4.78 is 35.6. The van der Waals surface area contributed by atoms with E-state index in [1.54, 1.807) is 5.48 Å². The fourth-order valence-electron chi connectivity index (χ4n) is 0.880. The predicted molar refractivity (Wildman–Crippen MR) is 58.6 cm³/mol. The molecule has 0 heterocycles. The molecule has 8 heteroatoms. The number of carbonyl (C=O) groups excluding carboxylic acids is 1. The molecule has 1 N–H and O–H groups in total. The van der Waals surface area contributed by atoms with Crippen molar-refractivity contribution in [1.82, 2.24) is 5.48 Å². The molecule has 0 aliphatic heterocycles. The molecule has 1 amide bonds. The Labute approximate surface area is 108 Å². The number of nitrogens with one attached hydrogen (secondary N) is 1. The fourth-order valence-corrected chi connectivity index (χ4v) is 1.38. The molecule has 0 unspecified atom stereocenters. The average Bonchev–Trinajstić information content (AvgIpc) is 2.20. The van der Waals surface area contributed by atoms with Crippen LogP contribution in [0.2, 0.25) is 5.02 Å². The summed E-state index contributed by atoms with van der Waals surface area (Å²) in [6, 6.07) is 4.16. The van der Waals surface area contributed by atoms with E-state index in [1.807, 2.05) is 0 Å². The monoisotopic (exact) mass is 331 g/mol. The van der Waals surface area contributed by atoms with E-state index in [4.69, 9.17) is 11.6 Å². The molecule has 0 fully saturated rings. The van der Waals surface area contributed by atoms with E-state index in [2.05, 4.69) is 20.8 Å². The van der Waals surface area contributed by atoms with Gasteiger partial charge in [0.15, 0.2) is 6.61 Å². The van der Waals surface area contributed by atoms with Gasteiger partial charge in [0.1, 0.15) is 0 Å². The van der Waals surface area contributed by atoms with Gasteiger partial charge in [0.05, 0.1) is 5.02 Å². The Kier molecular flexibility index (Phi) is 4.79. The molecule has 1 aromatic carbocycles. The minimum atomic E-state index is -4.49. The Morgan fingerprint density at radius 3 is 2.65 bits per heavy atom. The number of rotatable bonds is 3. The van der Waals surface area contributed by atoms with E-state index in [1.165, 1.54) is 18.2 Å². The van der Waals surface area contributed by atoms with Crippen LogP contribution in [0.5, 0.6) is 0 Å². The van der Waals surface area contributed by atoms with Crippen LogP contribution in [0.25, 0.3) is 0 Å². The molecule has 0 saturated carbocycles. The number of benzene rings is 1. The van der Waals surface area contributed by atoms with Crippen molar-refractivity contribution in [2.24, 2.45) is 0 Å². The van der Waals surface area contributed by atoms with Crippen molar-refractivity contribution in [2.45, 2.75) is 6.18 Å². The lowest BCUT2D eigenvalue weighted by Crippen LogP contribution is -2.29. The predicted octanol–water partition coefficient (Wildman–Crippen LogP) is 3.33. The third kappa shape index (κ3) is 4.93. The van der Waals surface area contributed by atoms with Gasteiger partial charge in [-0.05, 0) is 34.1 Å². The molecule has 0 saturated heterocycles. The van der Waals surface area contributed by atoms with Crippen molar-refractivity contribution in [3.05, 3.63) is 33.3 Å². The molecule has 0 bridgehead atoms. The molecule has 94 valence electrons. The second-order valence-corrected chi connectivity index (χ2v) is 4.23. The first-order valence-electron chi connectivity index (χ1n) is 4.23. The van der Waals surface area contributed by atoms with Crippen LogP contribution in [0.4, 0.5) is 13.2 Å². The third-order valence-electron chi connectivity index (χ3n) is 1.58. The summed E-state index contributed by atoms with van der Waals surface area (Å²) in [4.78, 5) is 15.3. The van der Waals surface area contributed by atoms with Gasteiger partial charge >= 0.3 is 6.18 Å². The Morgan fingerprint density at radius 1 is 1.47 bits per heavy atom. The van der Waals surface area contributed by atoms with E-state index in [-0.39, 0.29) is 5.56 Å². The highest BCUT2D eigenvalue weighted by molar-refractivity contribution is 9.10. The summed E-state index contributed by atoms with van der Waals surface area (Å²) >= 11 is 8.77. The van der Waals surface area contributed by atoms with Crippen molar-refractivity contribution in [1.29, 1.82) is 0 Å². The summed E-state index contributed by atoms with van der Waals surface area (Å²) in [5.41, 5.74) is 1.81. The van der Waals surface area contributed by atoms with Crippen molar-refractivity contribution >= 4 is 33.4 Å². The molecule has 0 atom stereocenters. The van der Waals surface area contributed by atoms with Crippen molar-refractivity contribution < 1.29 is 22.8 Å². The van der Waals surface area contributed by atoms with Crippen molar-refractivity contribution in [2.75, 3.05) is 6.61 Å². The minimum Gasteiger partial charge on any atom is -0.267 e. The molecule has 3 nitrogen and oxygen atoms in total. The molecule has 0 aliphatic rings. The van der Waals surface area contributed by atoms with Gasteiger partial charge in [-0.25, -0.2) is 5.48 Å². The quantitative estimate of drug-likeness (QED) is 0.862. The van der Waals surface area contributed by atoms with Crippen molar-refractivity contribution in [3.8, 4) is 0 Å². The van der Waals surface area contributed by atoms with E-state index in [9.17, 15) is 18.0 Å². The van der Waals surface area contributed by atoms with Crippen LogP contribution < -0.4 is 5.48 Å². The zero-order valence-corrected chi connectivity index (χ0v) is 10.5. The second-order valence-electron chi connectivity index (χ2n) is 2.96. The summed E-state index contributed by atoms with van der Waals surface area (Å²) in [5, 5.41) is 0.387. The van der Waals surface area contributed by atoms with Crippen LogP contribution in [0.1, 0.15) is 10.4 Å². The second kappa shape index (κ2) is 5.70. The Bertz CT molecular complexity index is 425. The molecule has 0 aliphatic carbocycles. The standard InChI is InChI=1S/C9H6BrClF3NO2/c10-6-3-5(1-2-7(6)11)8(16)15-17-4-9(12,13)14/h1-3H,4H2,(H,15,16). The van der Waals surface area contributed by atoms with Gasteiger partial charge in [-0.1, -0.05) is 11.6 Å². The van der Waals surface area contributed by atoms with Crippen LogP contribution in [-0.2, 0) is 4.84 Å². The van der Waals surface area contributed by atoms with Gasteiger partial charge < -0.3 is 0 Å². The van der Waals surface area contributed by atoms with E-state index < -0.39 is 18.7 Å². The van der Waals surface area contributed by atoms with Gasteiger partial charge in [0.2, 0.25) is 0 Å². The van der Waals surface area contributed by atoms with Crippen molar-refractivity contribution in [3.63, 3.8) is 0 Å². The molecule has 1 rings (SSSR count). The maximum absolute atomic E-state index is 11.7. The SMILES string of the molecule is O=C(NOCC(F)(F)F)c1ccc(Cl)c(Br)c1. The highest BCUT2D eigenvalue weighted by Crippen LogP contribution is 2.23. The molecule has 0 aromatic heterocycles. The number of halogens is 5. The Hall–Kier alpha value is -0.790. The fraction of sp³-hybridized carbons (Fsp3) is 0.222. The molecule has 1 aromatic rings. The third-order valence-corrected chi connectivity index (χ3v) is 2.80. The molecule has 0 radical (unpaired) electrons. The normalized spacial score (nSPS) is 11.4. The van der Waals surface area contributed by atoms with Gasteiger partial charge in [-0.3, -0.25) is 9.63 Å². The summed E-state index contributed by atoms with van der Waals surface area (Å²) in [7, 11) is 0. The highest BCUT2D eigenvalue weighted by atomic mass is 79.9. The molecule has 17 heavy (non-hydrogen) atoms. The first-order valence-corrected chi connectivity index (χ1v) is 5.40. The maximum Gasteiger partial charge on any atom is 0.414 e. The number of carbonyl (C=O) groups is 1.